The highest BCUT2D eigenvalue weighted by atomic mass is 16.5. The van der Waals surface area contributed by atoms with Gasteiger partial charge in [-0.25, -0.2) is 0 Å². The zero-order valence-corrected chi connectivity index (χ0v) is 22.8. The predicted octanol–water partition coefficient (Wildman–Crippen LogP) is 3.30. The number of methoxy groups -OCH3 is 3. The second kappa shape index (κ2) is 12.1. The van der Waals surface area contributed by atoms with E-state index in [9.17, 15) is 19.2 Å². The van der Waals surface area contributed by atoms with Gasteiger partial charge in [-0.2, -0.15) is 0 Å². The maximum atomic E-state index is 13.4. The number of rotatable bonds is 8. The van der Waals surface area contributed by atoms with Gasteiger partial charge in [0, 0.05) is 6.54 Å². The van der Waals surface area contributed by atoms with Crippen LogP contribution in [0.2, 0.25) is 0 Å². The zero-order valence-electron chi connectivity index (χ0n) is 22.8. The lowest BCUT2D eigenvalue weighted by Gasteiger charge is -2.31. The lowest BCUT2D eigenvalue weighted by atomic mass is 9.85. The van der Waals surface area contributed by atoms with Gasteiger partial charge in [-0.05, 0) is 40.7 Å². The number of hydrogen-bond acceptors (Lipinski definition) is 7. The van der Waals surface area contributed by atoms with Crippen molar-refractivity contribution in [3.63, 3.8) is 0 Å². The molecule has 0 radical (unpaired) electrons. The van der Waals surface area contributed by atoms with E-state index >= 15 is 0 Å². The van der Waals surface area contributed by atoms with Crippen LogP contribution in [0.1, 0.15) is 56.3 Å². The van der Waals surface area contributed by atoms with Crippen LogP contribution in [0.4, 0.5) is 0 Å². The van der Waals surface area contributed by atoms with Crippen molar-refractivity contribution >= 4 is 23.8 Å². The summed E-state index contributed by atoms with van der Waals surface area (Å²) in [6, 6.07) is 13.1. The molecule has 9 nitrogen and oxygen atoms in total. The molecule has 1 fully saturated rings. The van der Waals surface area contributed by atoms with Gasteiger partial charge in [-0.1, -0.05) is 57.2 Å². The van der Waals surface area contributed by atoms with Crippen LogP contribution >= 0.6 is 0 Å². The van der Waals surface area contributed by atoms with Crippen molar-refractivity contribution in [3.05, 3.63) is 65.2 Å². The van der Waals surface area contributed by atoms with E-state index in [-0.39, 0.29) is 18.4 Å². The molecular weight excluding hydrogens is 488 g/mol. The van der Waals surface area contributed by atoms with E-state index < -0.39 is 48.2 Å². The molecule has 3 rings (SSSR count). The first kappa shape index (κ1) is 28.7. The molecule has 1 saturated heterocycles. The number of carbonyl (C=O) groups is 4. The minimum atomic E-state index is -0.984. The first-order chi connectivity index (χ1) is 18.0. The van der Waals surface area contributed by atoms with Crippen molar-refractivity contribution in [2.75, 3.05) is 21.3 Å². The summed E-state index contributed by atoms with van der Waals surface area (Å²) in [6.45, 7) is 6.48. The fourth-order valence-corrected chi connectivity index (χ4v) is 4.72. The molecule has 1 N–H and O–H groups in total. The average molecular weight is 525 g/mol. The Morgan fingerprint density at radius 1 is 0.921 bits per heavy atom. The molecule has 2 aromatic rings. The van der Waals surface area contributed by atoms with Crippen LogP contribution in [0.3, 0.4) is 0 Å². The van der Waals surface area contributed by atoms with Crippen LogP contribution in [0.5, 0.6) is 5.75 Å². The van der Waals surface area contributed by atoms with Crippen molar-refractivity contribution in [2.45, 2.75) is 57.7 Å². The topological polar surface area (TPSA) is 111 Å². The van der Waals surface area contributed by atoms with Crippen molar-refractivity contribution < 1.29 is 33.4 Å². The van der Waals surface area contributed by atoms with Gasteiger partial charge in [0.25, 0.3) is 0 Å². The van der Waals surface area contributed by atoms with Crippen molar-refractivity contribution in [1.29, 1.82) is 0 Å². The number of hydrogen-bond donors (Lipinski definition) is 1. The van der Waals surface area contributed by atoms with Crippen molar-refractivity contribution in [3.8, 4) is 5.75 Å². The highest BCUT2D eigenvalue weighted by molar-refractivity contribution is 5.98. The zero-order chi connectivity index (χ0) is 28.0. The number of amides is 2. The third-order valence-electron chi connectivity index (χ3n) is 6.86. The third kappa shape index (κ3) is 6.51. The number of benzene rings is 2. The first-order valence-electron chi connectivity index (χ1n) is 12.5. The SMILES string of the molecule is COC(=O)CC(=O)N1C(C(=O)NCc2ccc(OC)cc2)CC(C(=O)OC)C1c1ccc(C(C)(C)C)cc1. The van der Waals surface area contributed by atoms with E-state index in [1.54, 1.807) is 19.2 Å². The molecule has 3 atom stereocenters. The van der Waals surface area contributed by atoms with Crippen molar-refractivity contribution in [2.24, 2.45) is 5.92 Å². The van der Waals surface area contributed by atoms with Gasteiger partial charge >= 0.3 is 11.9 Å². The molecule has 0 saturated carbocycles. The number of esters is 2. The monoisotopic (exact) mass is 524 g/mol. The van der Waals surface area contributed by atoms with E-state index in [0.29, 0.717) is 11.3 Å². The minimum Gasteiger partial charge on any atom is -0.497 e. The molecule has 0 spiro atoms. The van der Waals surface area contributed by atoms with Crippen molar-refractivity contribution in [1.82, 2.24) is 10.2 Å². The maximum absolute atomic E-state index is 13.4. The Kier molecular flexibility index (Phi) is 9.14. The molecule has 3 unspecified atom stereocenters. The summed E-state index contributed by atoms with van der Waals surface area (Å²) in [6.07, 6.45) is -0.497. The normalized spacial score (nSPS) is 19.0. The van der Waals surface area contributed by atoms with E-state index in [0.717, 1.165) is 11.1 Å². The average Bonchev–Trinajstić information content (AvgIpc) is 3.32. The van der Waals surface area contributed by atoms with Crippen LogP contribution < -0.4 is 10.1 Å². The van der Waals surface area contributed by atoms with Crippen LogP contribution in [-0.2, 0) is 40.6 Å². The van der Waals surface area contributed by atoms with Gasteiger partial charge in [0.1, 0.15) is 18.2 Å². The quantitative estimate of drug-likeness (QED) is 0.417. The van der Waals surface area contributed by atoms with Crippen LogP contribution in [0.25, 0.3) is 0 Å². The molecule has 1 aliphatic rings. The van der Waals surface area contributed by atoms with E-state index in [4.69, 9.17) is 14.2 Å². The summed E-state index contributed by atoms with van der Waals surface area (Å²) < 4.78 is 14.9. The highest BCUT2D eigenvalue weighted by Crippen LogP contribution is 2.43. The van der Waals surface area contributed by atoms with E-state index in [1.807, 2.05) is 36.4 Å². The van der Waals surface area contributed by atoms with Gasteiger partial charge in [0.05, 0.1) is 33.3 Å². The maximum Gasteiger partial charge on any atom is 0.315 e. The molecule has 2 aromatic carbocycles. The molecule has 2 amide bonds. The smallest absolute Gasteiger partial charge is 0.315 e. The first-order valence-corrected chi connectivity index (χ1v) is 12.5. The highest BCUT2D eigenvalue weighted by Gasteiger charge is 2.51. The Morgan fingerprint density at radius 3 is 2.08 bits per heavy atom. The van der Waals surface area contributed by atoms with E-state index in [1.165, 1.54) is 19.1 Å². The molecule has 9 heteroatoms. The van der Waals surface area contributed by atoms with Gasteiger partial charge in [0.2, 0.25) is 11.8 Å². The lowest BCUT2D eigenvalue weighted by Crippen LogP contribution is -2.47. The summed E-state index contributed by atoms with van der Waals surface area (Å²) >= 11 is 0. The fraction of sp³-hybridized carbons (Fsp3) is 0.448. The Labute approximate surface area is 223 Å². The molecule has 0 aromatic heterocycles. The molecule has 1 aliphatic heterocycles. The van der Waals surface area contributed by atoms with Gasteiger partial charge in [0.15, 0.2) is 0 Å². The Morgan fingerprint density at radius 2 is 1.55 bits per heavy atom. The Balaban J connectivity index is 1.96. The van der Waals surface area contributed by atoms with Gasteiger partial charge in [-0.15, -0.1) is 0 Å². The lowest BCUT2D eigenvalue weighted by molar-refractivity contribution is -0.150. The van der Waals surface area contributed by atoms with Crippen LogP contribution in [-0.4, -0.2) is 56.0 Å². The largest absolute Gasteiger partial charge is 0.497 e. The summed E-state index contributed by atoms with van der Waals surface area (Å²) in [5.41, 5.74) is 2.50. The summed E-state index contributed by atoms with van der Waals surface area (Å²) in [5, 5.41) is 2.87. The standard InChI is InChI=1S/C29H36N2O7/c1-29(2,3)20-11-9-19(10-12-20)26-22(28(35)38-6)15-23(31(26)24(32)16-25(33)37-5)27(34)30-17-18-7-13-21(36-4)14-8-18/h7-14,22-23,26H,15-17H2,1-6H3,(H,30,34). The summed E-state index contributed by atoms with van der Waals surface area (Å²) in [7, 11) is 4.04. The third-order valence-corrected chi connectivity index (χ3v) is 6.86. The molecule has 0 bridgehead atoms. The number of carbonyl (C=O) groups excluding carboxylic acids is 4. The number of nitrogens with one attached hydrogen (secondary N) is 1. The number of nitrogens with zero attached hydrogens (tertiary/aromatic N) is 1. The second-order valence-electron chi connectivity index (χ2n) is 10.3. The Hall–Kier alpha value is -3.88. The van der Waals surface area contributed by atoms with Crippen LogP contribution in [0.15, 0.2) is 48.5 Å². The van der Waals surface area contributed by atoms with Gasteiger partial charge < -0.3 is 24.4 Å². The van der Waals surface area contributed by atoms with E-state index in [2.05, 4.69) is 26.1 Å². The molecular formula is C29H36N2O7. The minimum absolute atomic E-state index is 0.0553. The molecule has 0 aliphatic carbocycles. The molecule has 204 valence electrons. The molecule has 38 heavy (non-hydrogen) atoms. The predicted molar refractivity (Wildman–Crippen MR) is 140 cm³/mol. The number of likely N-dealkylation sites (tertiary alicyclic amines) is 1. The summed E-state index contributed by atoms with van der Waals surface area (Å²) in [4.78, 5) is 53.1. The van der Waals surface area contributed by atoms with Gasteiger partial charge in [-0.3, -0.25) is 19.2 Å². The fourth-order valence-electron chi connectivity index (χ4n) is 4.72. The summed E-state index contributed by atoms with van der Waals surface area (Å²) in [5.74, 6) is -2.39. The second-order valence-corrected chi connectivity index (χ2v) is 10.3. The number of ether oxygens (including phenoxy) is 3. The van der Waals surface area contributed by atoms with Crippen LogP contribution in [0, 0.1) is 5.92 Å². The molecule has 1 heterocycles. The Bertz CT molecular complexity index is 1150.